The zero-order valence-corrected chi connectivity index (χ0v) is 19.0. The summed E-state index contributed by atoms with van der Waals surface area (Å²) in [5.74, 6) is 2.08. The fourth-order valence-corrected chi connectivity index (χ4v) is 3.92. The number of hydrogen-bond acceptors (Lipinski definition) is 7. The molecule has 1 aromatic carbocycles. The number of ether oxygens (including phenoxy) is 1. The molecule has 0 bridgehead atoms. The van der Waals surface area contributed by atoms with Crippen LogP contribution in [0.5, 0.6) is 5.75 Å². The molecular formula is C23H27N5O2S. The fourth-order valence-electron chi connectivity index (χ4n) is 3.22. The highest BCUT2D eigenvalue weighted by atomic mass is 32.2. The normalized spacial score (nSPS) is 11.5. The first-order chi connectivity index (χ1) is 15.0. The molecule has 0 aliphatic rings. The lowest BCUT2D eigenvalue weighted by molar-refractivity contribution is 0.318. The van der Waals surface area contributed by atoms with Gasteiger partial charge in [-0.15, -0.1) is 11.8 Å². The summed E-state index contributed by atoms with van der Waals surface area (Å²) < 4.78 is 7.58. The number of pyridine rings is 1. The van der Waals surface area contributed by atoms with Gasteiger partial charge in [0.05, 0.1) is 23.1 Å². The molecule has 0 amide bonds. The van der Waals surface area contributed by atoms with E-state index < -0.39 is 0 Å². The maximum Gasteiger partial charge on any atom is 0.261 e. The minimum atomic E-state index is -0.172. The Bertz CT molecular complexity index is 1190. The summed E-state index contributed by atoms with van der Waals surface area (Å²) in [6.45, 7) is 4.77. The standard InChI is InChI=1S/C23H27N5O2S/c1-5-9-30-20-8-7-16(31-6-2)10-17(20)19-14-28(4)23(29)18-13-26-22(27-21(18)19)15(11-24)12-25-3/h7-8,10-14,24-25H,5-6,9H2,1-4H3/b15-12+,24-11?. The van der Waals surface area contributed by atoms with Crippen molar-refractivity contribution in [3.63, 3.8) is 0 Å². The molecule has 0 saturated heterocycles. The van der Waals surface area contributed by atoms with Crippen molar-refractivity contribution in [1.29, 1.82) is 5.41 Å². The van der Waals surface area contributed by atoms with Gasteiger partial charge in [-0.2, -0.15) is 0 Å². The Morgan fingerprint density at radius 3 is 2.81 bits per heavy atom. The molecule has 2 heterocycles. The number of nitrogens with one attached hydrogen (secondary N) is 2. The Labute approximate surface area is 186 Å². The Morgan fingerprint density at radius 1 is 1.32 bits per heavy atom. The Kier molecular flexibility index (Phi) is 7.46. The number of nitrogens with zero attached hydrogens (tertiary/aromatic N) is 3. The van der Waals surface area contributed by atoms with Crippen molar-refractivity contribution >= 4 is 34.5 Å². The third kappa shape index (κ3) is 4.80. The Hall–Kier alpha value is -3.13. The van der Waals surface area contributed by atoms with E-state index in [9.17, 15) is 4.79 Å². The van der Waals surface area contributed by atoms with E-state index in [1.165, 1.54) is 12.4 Å². The van der Waals surface area contributed by atoms with E-state index in [1.807, 2.05) is 6.07 Å². The molecule has 3 rings (SSSR count). The van der Waals surface area contributed by atoms with Crippen molar-refractivity contribution in [3.05, 3.63) is 53.0 Å². The van der Waals surface area contributed by atoms with Crippen molar-refractivity contribution in [3.8, 4) is 16.9 Å². The van der Waals surface area contributed by atoms with Crippen LogP contribution in [0.3, 0.4) is 0 Å². The van der Waals surface area contributed by atoms with Crippen molar-refractivity contribution in [2.45, 2.75) is 25.2 Å². The predicted molar refractivity (Wildman–Crippen MR) is 128 cm³/mol. The molecule has 31 heavy (non-hydrogen) atoms. The van der Waals surface area contributed by atoms with Gasteiger partial charge in [-0.3, -0.25) is 4.79 Å². The Morgan fingerprint density at radius 2 is 2.13 bits per heavy atom. The number of thioether (sulfide) groups is 1. The summed E-state index contributed by atoms with van der Waals surface area (Å²) in [5.41, 5.74) is 2.56. The zero-order valence-electron chi connectivity index (χ0n) is 18.2. The molecule has 8 heteroatoms. The van der Waals surface area contributed by atoms with Crippen molar-refractivity contribution < 1.29 is 4.74 Å². The van der Waals surface area contributed by atoms with Gasteiger partial charge in [-0.1, -0.05) is 13.8 Å². The molecule has 3 aromatic rings. The summed E-state index contributed by atoms with van der Waals surface area (Å²) in [4.78, 5) is 22.9. The number of hydrogen-bond donors (Lipinski definition) is 2. The zero-order chi connectivity index (χ0) is 22.4. The Balaban J connectivity index is 2.33. The first kappa shape index (κ1) is 22.6. The predicted octanol–water partition coefficient (Wildman–Crippen LogP) is 4.11. The van der Waals surface area contributed by atoms with E-state index in [-0.39, 0.29) is 5.56 Å². The van der Waals surface area contributed by atoms with Crippen molar-refractivity contribution in [2.75, 3.05) is 19.4 Å². The molecule has 0 aliphatic heterocycles. The van der Waals surface area contributed by atoms with Gasteiger partial charge in [0.1, 0.15) is 5.75 Å². The second-order valence-corrected chi connectivity index (χ2v) is 8.22. The summed E-state index contributed by atoms with van der Waals surface area (Å²) in [5, 5.41) is 11.0. The van der Waals surface area contributed by atoms with Gasteiger partial charge in [-0.05, 0) is 30.4 Å². The maximum atomic E-state index is 12.8. The van der Waals surface area contributed by atoms with Gasteiger partial charge >= 0.3 is 0 Å². The van der Waals surface area contributed by atoms with Crippen LogP contribution in [0.25, 0.3) is 27.6 Å². The van der Waals surface area contributed by atoms with Gasteiger partial charge in [-0.25, -0.2) is 9.97 Å². The molecule has 0 saturated carbocycles. The largest absolute Gasteiger partial charge is 0.493 e. The van der Waals surface area contributed by atoms with Gasteiger partial charge in [0.2, 0.25) is 0 Å². The highest BCUT2D eigenvalue weighted by Gasteiger charge is 2.17. The molecule has 2 N–H and O–H groups in total. The number of fused-ring (bicyclic) bond motifs is 1. The van der Waals surface area contributed by atoms with Crippen LogP contribution in [0.1, 0.15) is 26.1 Å². The molecular weight excluding hydrogens is 410 g/mol. The first-order valence-corrected chi connectivity index (χ1v) is 11.2. The van der Waals surface area contributed by atoms with E-state index in [1.54, 1.807) is 42.8 Å². The summed E-state index contributed by atoms with van der Waals surface area (Å²) >= 11 is 1.74. The number of allylic oxidation sites excluding steroid dienone is 1. The van der Waals surface area contributed by atoms with Crippen LogP contribution in [-0.2, 0) is 7.05 Å². The number of rotatable bonds is 9. The fraction of sp³-hybridized carbons (Fsp3) is 0.304. The average Bonchev–Trinajstić information content (AvgIpc) is 2.79. The van der Waals surface area contributed by atoms with Gasteiger partial charge in [0.15, 0.2) is 5.82 Å². The lowest BCUT2D eigenvalue weighted by atomic mass is 10.0. The highest BCUT2D eigenvalue weighted by Crippen LogP contribution is 2.36. The average molecular weight is 438 g/mol. The van der Waals surface area contributed by atoms with E-state index in [0.29, 0.717) is 28.9 Å². The molecule has 162 valence electrons. The van der Waals surface area contributed by atoms with E-state index >= 15 is 0 Å². The van der Waals surface area contributed by atoms with Crippen LogP contribution in [0.15, 0.2) is 46.5 Å². The molecule has 7 nitrogen and oxygen atoms in total. The second-order valence-electron chi connectivity index (χ2n) is 6.89. The van der Waals surface area contributed by atoms with E-state index in [2.05, 4.69) is 36.3 Å². The lowest BCUT2D eigenvalue weighted by Crippen LogP contribution is -2.18. The van der Waals surface area contributed by atoms with Crippen LogP contribution in [0.2, 0.25) is 0 Å². The van der Waals surface area contributed by atoms with Crippen LogP contribution < -0.4 is 15.6 Å². The van der Waals surface area contributed by atoms with Gasteiger partial charge in [0.25, 0.3) is 5.56 Å². The molecule has 0 fully saturated rings. The molecule has 0 radical (unpaired) electrons. The molecule has 0 unspecified atom stereocenters. The smallest absolute Gasteiger partial charge is 0.261 e. The van der Waals surface area contributed by atoms with Crippen molar-refractivity contribution in [2.24, 2.45) is 7.05 Å². The number of benzene rings is 1. The maximum absolute atomic E-state index is 12.8. The SMILES string of the molecule is CCCOc1ccc(SCC)cc1-c1cn(C)c(=O)c2cnc(/C(C=N)=C/NC)nc12. The molecule has 0 atom stereocenters. The summed E-state index contributed by atoms with van der Waals surface area (Å²) in [6.07, 6.45) is 7.06. The lowest BCUT2D eigenvalue weighted by Gasteiger charge is -2.15. The number of aryl methyl sites for hydroxylation is 1. The highest BCUT2D eigenvalue weighted by molar-refractivity contribution is 7.99. The van der Waals surface area contributed by atoms with E-state index in [4.69, 9.17) is 15.1 Å². The molecule has 0 spiro atoms. The summed E-state index contributed by atoms with van der Waals surface area (Å²) in [6, 6.07) is 6.11. The van der Waals surface area contributed by atoms with Crippen LogP contribution in [0.4, 0.5) is 0 Å². The third-order valence-corrected chi connectivity index (χ3v) is 5.52. The molecule has 2 aromatic heterocycles. The second kappa shape index (κ2) is 10.3. The quantitative estimate of drug-likeness (QED) is 0.387. The third-order valence-electron chi connectivity index (χ3n) is 4.64. The number of aromatic nitrogens is 3. The van der Waals surface area contributed by atoms with Gasteiger partial charge in [0, 0.05) is 54.9 Å². The minimum absolute atomic E-state index is 0.172. The monoisotopic (exact) mass is 437 g/mol. The summed E-state index contributed by atoms with van der Waals surface area (Å²) in [7, 11) is 3.47. The molecule has 0 aliphatic carbocycles. The van der Waals surface area contributed by atoms with E-state index in [0.717, 1.165) is 33.9 Å². The van der Waals surface area contributed by atoms with Crippen molar-refractivity contribution in [1.82, 2.24) is 19.9 Å². The van der Waals surface area contributed by atoms with Crippen LogP contribution in [0, 0.1) is 5.41 Å². The minimum Gasteiger partial charge on any atom is -0.493 e. The van der Waals surface area contributed by atoms with Crippen LogP contribution in [-0.4, -0.2) is 40.2 Å². The topological polar surface area (TPSA) is 92.9 Å². The van der Waals surface area contributed by atoms with Gasteiger partial charge < -0.3 is 20.0 Å². The van der Waals surface area contributed by atoms with Crippen LogP contribution >= 0.6 is 11.8 Å². The first-order valence-electron chi connectivity index (χ1n) is 10.2.